The Kier molecular flexibility index (Phi) is 9.62. The molecule has 37 heavy (non-hydrogen) atoms. The molecule has 0 amide bonds. The number of alkyl halides is 3. The molecule has 4 heterocycles. The van der Waals surface area contributed by atoms with Crippen molar-refractivity contribution in [1.29, 1.82) is 0 Å². The molecule has 0 aliphatic carbocycles. The van der Waals surface area contributed by atoms with Gasteiger partial charge in [-0.25, -0.2) is 13.2 Å². The summed E-state index contributed by atoms with van der Waals surface area (Å²) in [4.78, 5) is 17.6. The number of aromatic nitrogens is 2. The first-order valence-electron chi connectivity index (χ1n) is 11.8. The molecule has 1 atom stereocenters. The van der Waals surface area contributed by atoms with Crippen molar-refractivity contribution in [3.05, 3.63) is 54.1 Å². The van der Waals surface area contributed by atoms with E-state index in [1.54, 1.807) is 22.6 Å². The molecule has 9 nitrogen and oxygen atoms in total. The van der Waals surface area contributed by atoms with Crippen molar-refractivity contribution in [2.24, 2.45) is 5.92 Å². The molecule has 2 aromatic heterocycles. The summed E-state index contributed by atoms with van der Waals surface area (Å²) in [6.45, 7) is 4.83. The fourth-order valence-electron chi connectivity index (χ4n) is 4.58. The fraction of sp³-hybridized carbons (Fsp3) is 0.542. The maximum absolute atomic E-state index is 12.9. The topological polar surface area (TPSA) is 119 Å². The zero-order chi connectivity index (χ0) is 27.1. The molecule has 4 rings (SSSR count). The highest BCUT2D eigenvalue weighted by Crippen LogP contribution is 2.43. The molecule has 2 aliphatic rings. The second kappa shape index (κ2) is 12.3. The lowest BCUT2D eigenvalue weighted by Gasteiger charge is -2.41. The average Bonchev–Trinajstić information content (AvgIpc) is 3.24. The van der Waals surface area contributed by atoms with Crippen molar-refractivity contribution in [1.82, 2.24) is 14.3 Å². The highest BCUT2D eigenvalue weighted by atomic mass is 32.2. The Morgan fingerprint density at radius 3 is 2.54 bits per heavy atom. The summed E-state index contributed by atoms with van der Waals surface area (Å²) in [6, 6.07) is 9.20. The summed E-state index contributed by atoms with van der Waals surface area (Å²) >= 11 is 0. The van der Waals surface area contributed by atoms with Crippen molar-refractivity contribution >= 4 is 16.0 Å². The number of hydrogen-bond acceptors (Lipinski definition) is 7. The van der Waals surface area contributed by atoms with Crippen LogP contribution in [0.4, 0.5) is 13.2 Å². The molecule has 204 valence electrons. The van der Waals surface area contributed by atoms with E-state index < -0.39 is 22.2 Å². The minimum Gasteiger partial charge on any atom is -0.475 e. The Hall–Kier alpha value is -2.61. The average molecular weight is 546 g/mol. The Labute approximate surface area is 213 Å². The van der Waals surface area contributed by atoms with E-state index in [2.05, 4.69) is 9.97 Å². The number of hydrogen-bond donors (Lipinski definition) is 1. The minimum atomic E-state index is -5.08. The van der Waals surface area contributed by atoms with E-state index in [4.69, 9.17) is 19.4 Å². The predicted molar refractivity (Wildman–Crippen MR) is 126 cm³/mol. The van der Waals surface area contributed by atoms with Gasteiger partial charge in [0.1, 0.15) is 4.90 Å². The summed E-state index contributed by atoms with van der Waals surface area (Å²) in [5, 5.41) is 7.12. The zero-order valence-electron chi connectivity index (χ0n) is 20.4. The van der Waals surface area contributed by atoms with Crippen molar-refractivity contribution in [2.75, 3.05) is 26.3 Å². The second-order valence-corrected chi connectivity index (χ2v) is 10.8. The van der Waals surface area contributed by atoms with Gasteiger partial charge in [-0.3, -0.25) is 9.97 Å². The van der Waals surface area contributed by atoms with Crippen LogP contribution in [-0.4, -0.2) is 71.8 Å². The van der Waals surface area contributed by atoms with Gasteiger partial charge in [-0.1, -0.05) is 6.07 Å². The number of aliphatic carboxylic acids is 1. The highest BCUT2D eigenvalue weighted by Gasteiger charge is 2.47. The van der Waals surface area contributed by atoms with Crippen molar-refractivity contribution in [2.45, 2.75) is 55.9 Å². The van der Waals surface area contributed by atoms with Crippen LogP contribution in [0.2, 0.25) is 0 Å². The third kappa shape index (κ3) is 7.69. The van der Waals surface area contributed by atoms with Gasteiger partial charge in [0.05, 0.1) is 17.9 Å². The number of piperidine rings is 1. The number of carbonyl (C=O) groups is 1. The summed E-state index contributed by atoms with van der Waals surface area (Å²) in [7, 11) is -3.50. The van der Waals surface area contributed by atoms with Crippen molar-refractivity contribution in [3.8, 4) is 0 Å². The molecule has 13 heteroatoms. The van der Waals surface area contributed by atoms with E-state index in [9.17, 15) is 21.6 Å². The van der Waals surface area contributed by atoms with Gasteiger partial charge >= 0.3 is 12.1 Å². The third-order valence-electron chi connectivity index (χ3n) is 6.49. The number of nitrogens with zero attached hydrogens (tertiary/aromatic N) is 3. The molecule has 0 aromatic carbocycles. The predicted octanol–water partition coefficient (Wildman–Crippen LogP) is 3.59. The van der Waals surface area contributed by atoms with Crippen LogP contribution in [0.25, 0.3) is 0 Å². The number of rotatable bonds is 7. The standard InChI is InChI=1S/C22H29N3O4S.C2HF3O2/c1-18-4-2-5-20(24-18)17-28-14-7-19-8-15-29-22(19)9-12-25(13-10-22)30(26,27)21-6-3-11-23-16-21;3-2(4,5)1(6)7/h2-6,11,16,19H,7-10,12-15,17H2,1H3;(H,6,7). The van der Waals surface area contributed by atoms with Gasteiger partial charge in [-0.05, 0) is 62.8 Å². The van der Waals surface area contributed by atoms with Crippen LogP contribution in [0, 0.1) is 12.8 Å². The molecule has 1 N–H and O–H groups in total. The number of pyridine rings is 2. The SMILES string of the molecule is Cc1cccc(COCCC2CCOC23CCN(S(=O)(=O)c2cccnc2)CC3)n1.O=C(O)C(F)(F)F. The normalized spacial score (nSPS) is 19.8. The number of sulfonamides is 1. The van der Waals surface area contributed by atoms with Crippen LogP contribution < -0.4 is 0 Å². The summed E-state index contributed by atoms with van der Waals surface area (Å²) in [6.07, 6.45) is 1.27. The number of aryl methyl sites for hydroxylation is 1. The Morgan fingerprint density at radius 1 is 1.24 bits per heavy atom. The molecule has 0 bridgehead atoms. The molecule has 0 saturated carbocycles. The minimum absolute atomic E-state index is 0.230. The number of halogens is 3. The molecule has 2 aromatic rings. The Bertz CT molecular complexity index is 1140. The smallest absolute Gasteiger partial charge is 0.475 e. The fourth-order valence-corrected chi connectivity index (χ4v) is 5.99. The molecule has 2 fully saturated rings. The largest absolute Gasteiger partial charge is 0.490 e. The second-order valence-electron chi connectivity index (χ2n) is 8.91. The van der Waals surface area contributed by atoms with Gasteiger partial charge in [0.2, 0.25) is 10.0 Å². The van der Waals surface area contributed by atoms with Crippen LogP contribution >= 0.6 is 0 Å². The Morgan fingerprint density at radius 2 is 1.95 bits per heavy atom. The third-order valence-corrected chi connectivity index (χ3v) is 8.37. The number of ether oxygens (including phenoxy) is 2. The quantitative estimate of drug-likeness (QED) is 0.525. The number of carboxylic acid groups (broad SMARTS) is 1. The van der Waals surface area contributed by atoms with E-state index in [0.29, 0.717) is 32.2 Å². The molecule has 2 aliphatic heterocycles. The molecular formula is C24H30F3N3O6S. The Balaban J connectivity index is 0.000000479. The van der Waals surface area contributed by atoms with E-state index in [1.165, 1.54) is 6.20 Å². The van der Waals surface area contributed by atoms with Gasteiger partial charge in [0, 0.05) is 44.4 Å². The van der Waals surface area contributed by atoms with Gasteiger partial charge < -0.3 is 14.6 Å². The van der Waals surface area contributed by atoms with Gasteiger partial charge in [-0.2, -0.15) is 17.5 Å². The van der Waals surface area contributed by atoms with E-state index in [-0.39, 0.29) is 10.5 Å². The van der Waals surface area contributed by atoms with Crippen LogP contribution in [0.3, 0.4) is 0 Å². The first-order chi connectivity index (χ1) is 17.4. The maximum atomic E-state index is 12.9. The van der Waals surface area contributed by atoms with E-state index in [0.717, 1.165) is 43.7 Å². The lowest BCUT2D eigenvalue weighted by Crippen LogP contribution is -2.49. The first-order valence-corrected chi connectivity index (χ1v) is 13.2. The summed E-state index contributed by atoms with van der Waals surface area (Å²) < 4.78 is 71.1. The van der Waals surface area contributed by atoms with Crippen LogP contribution in [-0.2, 0) is 30.9 Å². The summed E-state index contributed by atoms with van der Waals surface area (Å²) in [5.74, 6) is -2.36. The first kappa shape index (κ1) is 29.0. The van der Waals surface area contributed by atoms with Crippen LogP contribution in [0.15, 0.2) is 47.6 Å². The van der Waals surface area contributed by atoms with E-state index >= 15 is 0 Å². The lowest BCUT2D eigenvalue weighted by molar-refractivity contribution is -0.192. The van der Waals surface area contributed by atoms with Crippen LogP contribution in [0.1, 0.15) is 37.1 Å². The summed E-state index contributed by atoms with van der Waals surface area (Å²) in [5.41, 5.74) is 1.71. The molecule has 1 spiro atoms. The highest BCUT2D eigenvalue weighted by molar-refractivity contribution is 7.89. The van der Waals surface area contributed by atoms with Gasteiger partial charge in [-0.15, -0.1) is 0 Å². The maximum Gasteiger partial charge on any atom is 0.490 e. The van der Waals surface area contributed by atoms with Crippen molar-refractivity contribution < 1.29 is 41.0 Å². The van der Waals surface area contributed by atoms with Gasteiger partial charge in [0.15, 0.2) is 0 Å². The zero-order valence-corrected chi connectivity index (χ0v) is 21.2. The lowest BCUT2D eigenvalue weighted by atomic mass is 9.78. The number of carboxylic acids is 1. The monoisotopic (exact) mass is 545 g/mol. The molecule has 1 unspecified atom stereocenters. The van der Waals surface area contributed by atoms with Crippen molar-refractivity contribution in [3.63, 3.8) is 0 Å². The molecular weight excluding hydrogens is 515 g/mol. The van der Waals surface area contributed by atoms with Crippen LogP contribution in [0.5, 0.6) is 0 Å². The molecule has 2 saturated heterocycles. The van der Waals surface area contributed by atoms with Gasteiger partial charge in [0.25, 0.3) is 0 Å². The van der Waals surface area contributed by atoms with E-state index in [1.807, 2.05) is 25.1 Å². The molecule has 0 radical (unpaired) electrons.